The Hall–Kier alpha value is -0.900. The summed E-state index contributed by atoms with van der Waals surface area (Å²) in [5.74, 6) is -0.823. The zero-order valence-electron chi connectivity index (χ0n) is 11.7. The Morgan fingerprint density at radius 3 is 2.12 bits per heavy atom. The highest BCUT2D eigenvalue weighted by atomic mass is 16.6. The van der Waals surface area contributed by atoms with Gasteiger partial charge in [-0.05, 0) is 27.2 Å². The summed E-state index contributed by atoms with van der Waals surface area (Å²) in [6.45, 7) is 10.5. The van der Waals surface area contributed by atoms with Crippen molar-refractivity contribution in [3.8, 4) is 0 Å². The summed E-state index contributed by atoms with van der Waals surface area (Å²) in [5.41, 5.74) is -1.12. The summed E-state index contributed by atoms with van der Waals surface area (Å²) < 4.78 is 10.5. The predicted molar refractivity (Wildman–Crippen MR) is 65.7 cm³/mol. The van der Waals surface area contributed by atoms with Crippen LogP contribution in [-0.2, 0) is 19.1 Å². The molecule has 0 aromatic rings. The maximum absolute atomic E-state index is 11.8. The minimum atomic E-state index is -1.12. The number of hydrogen-bond donors (Lipinski definition) is 0. The summed E-state index contributed by atoms with van der Waals surface area (Å²) in [6, 6.07) is 0. The average Bonchev–Trinajstić information content (AvgIpc) is 2.24. The van der Waals surface area contributed by atoms with Crippen LogP contribution >= 0.6 is 0 Å². The predicted octanol–water partition coefficient (Wildman–Crippen LogP) is 2.35. The van der Waals surface area contributed by atoms with Gasteiger partial charge in [0, 0.05) is 0 Å². The molecule has 0 heterocycles. The Bertz CT molecular complexity index is 269. The van der Waals surface area contributed by atoms with Crippen LogP contribution in [-0.4, -0.2) is 30.1 Å². The van der Waals surface area contributed by atoms with Gasteiger partial charge in [0.2, 0.25) is 5.78 Å². The van der Waals surface area contributed by atoms with Gasteiger partial charge in [0.25, 0.3) is 0 Å². The lowest BCUT2D eigenvalue weighted by Gasteiger charge is -2.25. The van der Waals surface area contributed by atoms with E-state index < -0.39 is 5.60 Å². The molecular weight excluding hydrogens is 220 g/mol. The van der Waals surface area contributed by atoms with E-state index in [1.807, 2.05) is 13.8 Å². The van der Waals surface area contributed by atoms with Crippen LogP contribution in [0, 0.1) is 5.92 Å². The fraction of sp³-hybridized carbons (Fsp3) is 0.846. The van der Waals surface area contributed by atoms with E-state index in [9.17, 15) is 9.59 Å². The maximum atomic E-state index is 11.8. The van der Waals surface area contributed by atoms with Crippen LogP contribution in [0.3, 0.4) is 0 Å². The van der Waals surface area contributed by atoms with E-state index in [2.05, 4.69) is 0 Å². The molecule has 0 saturated heterocycles. The van der Waals surface area contributed by atoms with Crippen molar-refractivity contribution < 1.29 is 19.1 Å². The van der Waals surface area contributed by atoms with E-state index in [4.69, 9.17) is 9.47 Å². The van der Waals surface area contributed by atoms with Gasteiger partial charge in [-0.25, -0.2) is 0 Å². The highest BCUT2D eigenvalue weighted by Crippen LogP contribution is 2.14. The van der Waals surface area contributed by atoms with Gasteiger partial charge < -0.3 is 9.47 Å². The lowest BCUT2D eigenvalue weighted by molar-refractivity contribution is -0.169. The first kappa shape index (κ1) is 16.1. The number of carbonyl (C=O) groups excluding carboxylic acids is 2. The van der Waals surface area contributed by atoms with E-state index in [0.717, 1.165) is 6.42 Å². The van der Waals surface area contributed by atoms with Crippen molar-refractivity contribution in [1.29, 1.82) is 0 Å². The molecule has 4 heteroatoms. The molecule has 0 saturated carbocycles. The van der Waals surface area contributed by atoms with E-state index in [0.29, 0.717) is 0 Å². The Labute approximate surface area is 104 Å². The molecule has 0 aliphatic heterocycles. The quantitative estimate of drug-likeness (QED) is 0.645. The van der Waals surface area contributed by atoms with Crippen molar-refractivity contribution >= 4 is 11.8 Å². The number of ketones is 1. The summed E-state index contributed by atoms with van der Waals surface area (Å²) in [5, 5.41) is 0. The Kier molecular flexibility index (Phi) is 6.39. The molecule has 0 N–H and O–H groups in total. The normalized spacial score (nSPS) is 13.6. The SMILES string of the molecule is CCC(C)OCC(=O)C(C)(C)OC(=O)C(C)C. The number of hydrogen-bond acceptors (Lipinski definition) is 4. The molecule has 0 amide bonds. The number of Topliss-reactive ketones (excluding diaryl/α,β-unsaturated/α-hetero) is 1. The average molecular weight is 244 g/mol. The van der Waals surface area contributed by atoms with Gasteiger partial charge in [-0.3, -0.25) is 9.59 Å². The largest absolute Gasteiger partial charge is 0.451 e. The highest BCUT2D eigenvalue weighted by Gasteiger charge is 2.32. The Morgan fingerprint density at radius 1 is 1.18 bits per heavy atom. The first-order valence-electron chi connectivity index (χ1n) is 6.08. The smallest absolute Gasteiger partial charge is 0.309 e. The molecule has 0 bridgehead atoms. The maximum Gasteiger partial charge on any atom is 0.309 e. The zero-order chi connectivity index (χ0) is 13.6. The molecule has 4 nitrogen and oxygen atoms in total. The van der Waals surface area contributed by atoms with Crippen LogP contribution in [0.15, 0.2) is 0 Å². The number of esters is 1. The molecule has 100 valence electrons. The molecule has 0 aromatic carbocycles. The van der Waals surface area contributed by atoms with E-state index in [1.165, 1.54) is 0 Å². The van der Waals surface area contributed by atoms with Gasteiger partial charge >= 0.3 is 5.97 Å². The first-order chi connectivity index (χ1) is 7.70. The first-order valence-corrected chi connectivity index (χ1v) is 6.08. The molecule has 0 aliphatic carbocycles. The summed E-state index contributed by atoms with van der Waals surface area (Å²) in [6.07, 6.45) is 0.884. The van der Waals surface area contributed by atoms with Gasteiger partial charge in [0.05, 0.1) is 12.0 Å². The molecule has 0 rings (SSSR count). The fourth-order valence-electron chi connectivity index (χ4n) is 0.936. The van der Waals surface area contributed by atoms with Crippen molar-refractivity contribution in [2.75, 3.05) is 6.61 Å². The third-order valence-electron chi connectivity index (χ3n) is 2.57. The van der Waals surface area contributed by atoms with Crippen LogP contribution in [0.25, 0.3) is 0 Å². The van der Waals surface area contributed by atoms with Crippen molar-refractivity contribution in [3.05, 3.63) is 0 Å². The molecule has 0 aliphatic rings. The lowest BCUT2D eigenvalue weighted by atomic mass is 10.0. The van der Waals surface area contributed by atoms with Crippen LogP contribution in [0.2, 0.25) is 0 Å². The van der Waals surface area contributed by atoms with E-state index in [-0.39, 0.29) is 30.4 Å². The molecule has 1 unspecified atom stereocenters. The Morgan fingerprint density at radius 2 is 1.71 bits per heavy atom. The van der Waals surface area contributed by atoms with E-state index in [1.54, 1.807) is 27.7 Å². The lowest BCUT2D eigenvalue weighted by Crippen LogP contribution is -2.41. The monoisotopic (exact) mass is 244 g/mol. The van der Waals surface area contributed by atoms with Crippen LogP contribution in [0.1, 0.15) is 48.0 Å². The second kappa shape index (κ2) is 6.74. The minimum absolute atomic E-state index is 0.0205. The van der Waals surface area contributed by atoms with Crippen LogP contribution in [0.5, 0.6) is 0 Å². The van der Waals surface area contributed by atoms with Crippen molar-refractivity contribution in [2.24, 2.45) is 5.92 Å². The second-order valence-corrected chi connectivity index (χ2v) is 5.04. The Balaban J connectivity index is 4.30. The van der Waals surface area contributed by atoms with Gasteiger partial charge in [-0.15, -0.1) is 0 Å². The molecule has 0 aromatic heterocycles. The van der Waals surface area contributed by atoms with Crippen molar-refractivity contribution in [3.63, 3.8) is 0 Å². The topological polar surface area (TPSA) is 52.6 Å². The third kappa shape index (κ3) is 5.82. The summed E-state index contributed by atoms with van der Waals surface area (Å²) in [4.78, 5) is 23.3. The van der Waals surface area contributed by atoms with E-state index >= 15 is 0 Å². The number of carbonyl (C=O) groups is 2. The van der Waals surface area contributed by atoms with Gasteiger partial charge in [0.1, 0.15) is 6.61 Å². The molecule has 17 heavy (non-hydrogen) atoms. The minimum Gasteiger partial charge on any atom is -0.451 e. The molecule has 0 radical (unpaired) electrons. The van der Waals surface area contributed by atoms with Gasteiger partial charge in [-0.2, -0.15) is 0 Å². The zero-order valence-corrected chi connectivity index (χ0v) is 11.7. The van der Waals surface area contributed by atoms with Gasteiger partial charge in [0.15, 0.2) is 5.60 Å². The molecule has 1 atom stereocenters. The highest BCUT2D eigenvalue weighted by molar-refractivity contribution is 5.90. The second-order valence-electron chi connectivity index (χ2n) is 5.04. The van der Waals surface area contributed by atoms with Crippen LogP contribution in [0.4, 0.5) is 0 Å². The van der Waals surface area contributed by atoms with Crippen LogP contribution < -0.4 is 0 Å². The third-order valence-corrected chi connectivity index (χ3v) is 2.57. The fourth-order valence-corrected chi connectivity index (χ4v) is 0.936. The summed E-state index contributed by atoms with van der Waals surface area (Å²) in [7, 11) is 0. The standard InChI is InChI=1S/C13H24O4/c1-7-10(4)16-8-11(14)13(5,6)17-12(15)9(2)3/h9-10H,7-8H2,1-6H3. The molecular formula is C13H24O4. The van der Waals surface area contributed by atoms with Gasteiger partial charge in [-0.1, -0.05) is 20.8 Å². The number of rotatable bonds is 7. The van der Waals surface area contributed by atoms with Crippen molar-refractivity contribution in [1.82, 2.24) is 0 Å². The molecule has 0 fully saturated rings. The number of ether oxygens (including phenoxy) is 2. The molecule has 0 spiro atoms. The summed E-state index contributed by atoms with van der Waals surface area (Å²) >= 11 is 0. The van der Waals surface area contributed by atoms with Crippen molar-refractivity contribution in [2.45, 2.75) is 59.7 Å².